The van der Waals surface area contributed by atoms with E-state index in [4.69, 9.17) is 15.5 Å². The van der Waals surface area contributed by atoms with E-state index in [0.717, 1.165) is 35.9 Å². The van der Waals surface area contributed by atoms with Crippen LogP contribution >= 0.6 is 0 Å². The fourth-order valence-corrected chi connectivity index (χ4v) is 4.73. The van der Waals surface area contributed by atoms with Crippen LogP contribution in [0.2, 0.25) is 0 Å². The summed E-state index contributed by atoms with van der Waals surface area (Å²) < 4.78 is 5.64. The van der Waals surface area contributed by atoms with Gasteiger partial charge in [-0.2, -0.15) is 0 Å². The SMILES string of the molecule is CC(C1=Nc2ccccc2CN1c1ccccc1O)N1CCN(C(=O)COc2ccc(N)cc2)CC1. The van der Waals surface area contributed by atoms with Crippen molar-refractivity contribution in [1.29, 1.82) is 0 Å². The molecule has 8 nitrogen and oxygen atoms in total. The van der Waals surface area contributed by atoms with Gasteiger partial charge in [-0.15, -0.1) is 0 Å². The first-order valence-corrected chi connectivity index (χ1v) is 12.2. The number of carbonyl (C=O) groups is 1. The molecule has 0 spiro atoms. The van der Waals surface area contributed by atoms with Gasteiger partial charge in [-0.3, -0.25) is 9.69 Å². The van der Waals surface area contributed by atoms with Crippen molar-refractivity contribution in [3.05, 3.63) is 78.4 Å². The summed E-state index contributed by atoms with van der Waals surface area (Å²) in [7, 11) is 0. The highest BCUT2D eigenvalue weighted by Crippen LogP contribution is 2.35. The summed E-state index contributed by atoms with van der Waals surface area (Å²) in [6, 6.07) is 22.5. The molecular formula is C28H31N5O3. The van der Waals surface area contributed by atoms with E-state index < -0.39 is 0 Å². The lowest BCUT2D eigenvalue weighted by Gasteiger charge is -2.41. The number of piperazine rings is 1. The maximum absolute atomic E-state index is 12.7. The molecule has 1 fully saturated rings. The molecular weight excluding hydrogens is 454 g/mol. The Hall–Kier alpha value is -4.04. The molecule has 2 aliphatic rings. The molecule has 36 heavy (non-hydrogen) atoms. The third-order valence-electron chi connectivity index (χ3n) is 6.83. The third-order valence-corrected chi connectivity index (χ3v) is 6.83. The Bertz CT molecular complexity index is 1250. The van der Waals surface area contributed by atoms with Gasteiger partial charge in [0.15, 0.2) is 6.61 Å². The molecule has 186 valence electrons. The van der Waals surface area contributed by atoms with Crippen molar-refractivity contribution in [3.8, 4) is 11.5 Å². The predicted octanol–water partition coefficient (Wildman–Crippen LogP) is 3.64. The molecule has 8 heteroatoms. The standard InChI is InChI=1S/C28H31N5O3/c1-20(31-14-16-32(17-15-31)27(35)19-36-23-12-10-22(29)11-13-23)28-30-24-7-3-2-6-21(24)18-33(28)25-8-4-5-9-26(25)34/h2-13,20,34H,14-19,29H2,1H3. The number of hydrogen-bond donors (Lipinski definition) is 2. The number of para-hydroxylation sites is 3. The molecule has 1 unspecified atom stereocenters. The average molecular weight is 486 g/mol. The summed E-state index contributed by atoms with van der Waals surface area (Å²) in [6.45, 7) is 5.47. The maximum atomic E-state index is 12.7. The van der Waals surface area contributed by atoms with E-state index >= 15 is 0 Å². The number of nitrogens with two attached hydrogens (primary N) is 1. The van der Waals surface area contributed by atoms with E-state index in [1.165, 1.54) is 0 Å². The molecule has 2 heterocycles. The fraction of sp³-hybridized carbons (Fsp3) is 0.286. The van der Waals surface area contributed by atoms with Crippen LogP contribution in [-0.2, 0) is 11.3 Å². The van der Waals surface area contributed by atoms with Gasteiger partial charge in [-0.05, 0) is 55.0 Å². The number of phenols is 1. The predicted molar refractivity (Wildman–Crippen MR) is 142 cm³/mol. The monoisotopic (exact) mass is 485 g/mol. The van der Waals surface area contributed by atoms with Crippen molar-refractivity contribution in [2.45, 2.75) is 19.5 Å². The van der Waals surface area contributed by atoms with Crippen LogP contribution in [0.4, 0.5) is 17.1 Å². The van der Waals surface area contributed by atoms with Crippen molar-refractivity contribution in [1.82, 2.24) is 9.80 Å². The van der Waals surface area contributed by atoms with E-state index in [9.17, 15) is 9.90 Å². The van der Waals surface area contributed by atoms with Crippen LogP contribution in [0.3, 0.4) is 0 Å². The van der Waals surface area contributed by atoms with Crippen molar-refractivity contribution >= 4 is 28.8 Å². The number of rotatable bonds is 6. The number of ether oxygens (including phenoxy) is 1. The Morgan fingerprint density at radius 3 is 2.44 bits per heavy atom. The minimum atomic E-state index is -0.0288. The van der Waals surface area contributed by atoms with E-state index in [1.807, 2.05) is 41.3 Å². The number of benzene rings is 3. The van der Waals surface area contributed by atoms with Crippen LogP contribution in [0.25, 0.3) is 0 Å². The molecule has 2 aliphatic heterocycles. The Balaban J connectivity index is 1.26. The summed E-state index contributed by atoms with van der Waals surface area (Å²) in [6.07, 6.45) is 0. The molecule has 0 aliphatic carbocycles. The zero-order valence-electron chi connectivity index (χ0n) is 20.4. The van der Waals surface area contributed by atoms with Crippen LogP contribution in [0.5, 0.6) is 11.5 Å². The van der Waals surface area contributed by atoms with Crippen LogP contribution < -0.4 is 15.4 Å². The van der Waals surface area contributed by atoms with Crippen molar-refractivity contribution in [2.24, 2.45) is 4.99 Å². The lowest BCUT2D eigenvalue weighted by Crippen LogP contribution is -2.56. The van der Waals surface area contributed by atoms with Crippen LogP contribution in [0, 0.1) is 0 Å². The number of aromatic hydroxyl groups is 1. The van der Waals surface area contributed by atoms with Gasteiger partial charge in [0.1, 0.15) is 17.3 Å². The average Bonchev–Trinajstić information content (AvgIpc) is 2.92. The molecule has 5 rings (SSSR count). The van der Waals surface area contributed by atoms with Gasteiger partial charge in [-0.1, -0.05) is 30.3 Å². The minimum absolute atomic E-state index is 0.00115. The number of hydrogen-bond acceptors (Lipinski definition) is 7. The van der Waals surface area contributed by atoms with Gasteiger partial charge in [-0.25, -0.2) is 4.99 Å². The van der Waals surface area contributed by atoms with Crippen molar-refractivity contribution in [2.75, 3.05) is 43.4 Å². The summed E-state index contributed by atoms with van der Waals surface area (Å²) in [5, 5.41) is 10.6. The van der Waals surface area contributed by atoms with Gasteiger partial charge in [0, 0.05) is 31.9 Å². The molecule has 1 atom stereocenters. The lowest BCUT2D eigenvalue weighted by atomic mass is 10.1. The fourth-order valence-electron chi connectivity index (χ4n) is 4.73. The number of anilines is 2. The van der Waals surface area contributed by atoms with E-state index in [-0.39, 0.29) is 24.3 Å². The summed E-state index contributed by atoms with van der Waals surface area (Å²) in [5.41, 5.74) is 9.18. The Kier molecular flexibility index (Phi) is 6.77. The number of amidine groups is 1. The molecule has 3 aromatic rings. The third kappa shape index (κ3) is 4.99. The second-order valence-corrected chi connectivity index (χ2v) is 9.12. The van der Waals surface area contributed by atoms with Crippen LogP contribution in [-0.4, -0.2) is 65.5 Å². The van der Waals surface area contributed by atoms with Crippen LogP contribution in [0.1, 0.15) is 12.5 Å². The molecule has 0 bridgehead atoms. The van der Waals surface area contributed by atoms with Gasteiger partial charge in [0.2, 0.25) is 0 Å². The van der Waals surface area contributed by atoms with Gasteiger partial charge < -0.3 is 25.4 Å². The van der Waals surface area contributed by atoms with Crippen molar-refractivity contribution in [3.63, 3.8) is 0 Å². The number of aliphatic imine (C=N–C) groups is 1. The highest BCUT2D eigenvalue weighted by molar-refractivity contribution is 6.05. The first-order chi connectivity index (χ1) is 17.5. The molecule has 3 aromatic carbocycles. The second kappa shape index (κ2) is 10.3. The largest absolute Gasteiger partial charge is 0.506 e. The normalized spacial score (nSPS) is 16.8. The highest BCUT2D eigenvalue weighted by Gasteiger charge is 2.32. The number of nitrogen functional groups attached to an aromatic ring is 1. The number of nitrogens with zero attached hydrogens (tertiary/aromatic N) is 4. The Morgan fingerprint density at radius 2 is 1.69 bits per heavy atom. The lowest BCUT2D eigenvalue weighted by molar-refractivity contribution is -0.135. The minimum Gasteiger partial charge on any atom is -0.506 e. The van der Waals surface area contributed by atoms with E-state index in [0.29, 0.717) is 31.1 Å². The van der Waals surface area contributed by atoms with Gasteiger partial charge in [0.05, 0.1) is 24.0 Å². The first kappa shape index (κ1) is 23.7. The maximum Gasteiger partial charge on any atom is 0.260 e. The highest BCUT2D eigenvalue weighted by atomic mass is 16.5. The number of carbonyl (C=O) groups excluding carboxylic acids is 1. The van der Waals surface area contributed by atoms with Crippen molar-refractivity contribution < 1.29 is 14.6 Å². The Morgan fingerprint density at radius 1 is 1.00 bits per heavy atom. The van der Waals surface area contributed by atoms with Crippen LogP contribution in [0.15, 0.2) is 77.8 Å². The number of amides is 1. The number of fused-ring (bicyclic) bond motifs is 1. The topological polar surface area (TPSA) is 94.6 Å². The molecule has 0 aromatic heterocycles. The first-order valence-electron chi connectivity index (χ1n) is 12.2. The van der Waals surface area contributed by atoms with E-state index in [2.05, 4.69) is 22.8 Å². The summed E-state index contributed by atoms with van der Waals surface area (Å²) in [5.74, 6) is 1.72. The quantitative estimate of drug-likeness (QED) is 0.518. The molecule has 3 N–H and O–H groups in total. The van der Waals surface area contributed by atoms with E-state index in [1.54, 1.807) is 30.3 Å². The zero-order valence-corrected chi connectivity index (χ0v) is 20.4. The molecule has 1 amide bonds. The second-order valence-electron chi connectivity index (χ2n) is 9.12. The molecule has 0 saturated carbocycles. The summed E-state index contributed by atoms with van der Waals surface area (Å²) >= 11 is 0. The Labute approximate surface area is 211 Å². The van der Waals surface area contributed by atoms with Gasteiger partial charge in [0.25, 0.3) is 5.91 Å². The van der Waals surface area contributed by atoms with Gasteiger partial charge >= 0.3 is 0 Å². The smallest absolute Gasteiger partial charge is 0.260 e. The molecule has 0 radical (unpaired) electrons. The molecule has 1 saturated heterocycles. The number of phenolic OH excluding ortho intramolecular Hbond substituents is 1. The zero-order chi connectivity index (χ0) is 25.1. The summed E-state index contributed by atoms with van der Waals surface area (Å²) in [4.78, 5) is 24.0.